The number of ether oxygens (including phenoxy) is 1. The Kier molecular flexibility index (Phi) is 2.41. The predicted octanol–water partition coefficient (Wildman–Crippen LogP) is 3.21. The van der Waals surface area contributed by atoms with Crippen LogP contribution in [0.2, 0.25) is 0 Å². The quantitative estimate of drug-likeness (QED) is 0.764. The maximum absolute atomic E-state index is 12.7. The Bertz CT molecular complexity index is 410. The molecule has 2 nitrogen and oxygen atoms in total. The molecule has 0 atom stereocenters. The molecule has 0 N–H and O–H groups in total. The average Bonchev–Trinajstić information content (AvgIpc) is 2.54. The SMILES string of the molecule is Fc1cc(F)cc(Oc2nccs2)c1. The number of hydrogen-bond acceptors (Lipinski definition) is 3. The van der Waals surface area contributed by atoms with Crippen LogP contribution in [-0.2, 0) is 0 Å². The fourth-order valence-electron chi connectivity index (χ4n) is 0.949. The second-order valence-corrected chi connectivity index (χ2v) is 3.36. The first-order chi connectivity index (χ1) is 6.74. The lowest BCUT2D eigenvalue weighted by Gasteiger charge is -2.01. The lowest BCUT2D eigenvalue weighted by Crippen LogP contribution is -1.86. The Morgan fingerprint density at radius 2 is 1.86 bits per heavy atom. The second kappa shape index (κ2) is 3.71. The molecule has 0 unspecified atom stereocenters. The van der Waals surface area contributed by atoms with E-state index in [-0.39, 0.29) is 5.75 Å². The van der Waals surface area contributed by atoms with E-state index in [1.54, 1.807) is 11.6 Å². The molecule has 1 heterocycles. The molecule has 2 aromatic rings. The van der Waals surface area contributed by atoms with Gasteiger partial charge in [-0.25, -0.2) is 13.8 Å². The molecule has 0 aliphatic rings. The van der Waals surface area contributed by atoms with Crippen LogP contribution in [0.1, 0.15) is 0 Å². The van der Waals surface area contributed by atoms with Crippen molar-refractivity contribution in [2.75, 3.05) is 0 Å². The molecule has 2 rings (SSSR count). The van der Waals surface area contributed by atoms with Crippen molar-refractivity contribution in [2.45, 2.75) is 0 Å². The van der Waals surface area contributed by atoms with Crippen LogP contribution in [0, 0.1) is 11.6 Å². The highest BCUT2D eigenvalue weighted by Crippen LogP contribution is 2.24. The molecule has 0 aliphatic carbocycles. The molecule has 1 aromatic carbocycles. The summed E-state index contributed by atoms with van der Waals surface area (Å²) in [5, 5.41) is 2.07. The number of rotatable bonds is 2. The van der Waals surface area contributed by atoms with E-state index in [0.717, 1.165) is 18.2 Å². The van der Waals surface area contributed by atoms with E-state index >= 15 is 0 Å². The second-order valence-electron chi connectivity index (χ2n) is 2.51. The van der Waals surface area contributed by atoms with Crippen molar-refractivity contribution in [2.24, 2.45) is 0 Å². The number of thiazole rings is 1. The van der Waals surface area contributed by atoms with E-state index in [2.05, 4.69) is 4.98 Å². The molecule has 0 saturated carbocycles. The minimum atomic E-state index is -0.670. The molecule has 0 fully saturated rings. The van der Waals surface area contributed by atoms with Gasteiger partial charge in [-0.2, -0.15) is 0 Å². The van der Waals surface area contributed by atoms with E-state index in [1.807, 2.05) is 0 Å². The van der Waals surface area contributed by atoms with Crippen LogP contribution >= 0.6 is 11.3 Å². The van der Waals surface area contributed by atoms with Gasteiger partial charge in [0.1, 0.15) is 17.4 Å². The summed E-state index contributed by atoms with van der Waals surface area (Å²) < 4.78 is 30.5. The van der Waals surface area contributed by atoms with E-state index in [1.165, 1.54) is 11.3 Å². The van der Waals surface area contributed by atoms with Crippen molar-refractivity contribution < 1.29 is 13.5 Å². The van der Waals surface area contributed by atoms with Gasteiger partial charge in [-0.05, 0) is 0 Å². The molecule has 0 radical (unpaired) electrons. The minimum Gasteiger partial charge on any atom is -0.431 e. The van der Waals surface area contributed by atoms with Gasteiger partial charge in [0, 0.05) is 29.8 Å². The van der Waals surface area contributed by atoms with Crippen molar-refractivity contribution in [1.29, 1.82) is 0 Å². The summed E-state index contributed by atoms with van der Waals surface area (Å²) in [4.78, 5) is 3.82. The summed E-state index contributed by atoms with van der Waals surface area (Å²) in [6.45, 7) is 0. The first kappa shape index (κ1) is 9.08. The lowest BCUT2D eigenvalue weighted by molar-refractivity contribution is 0.465. The Morgan fingerprint density at radius 1 is 1.14 bits per heavy atom. The molecule has 0 saturated heterocycles. The monoisotopic (exact) mass is 213 g/mol. The average molecular weight is 213 g/mol. The van der Waals surface area contributed by atoms with E-state index in [4.69, 9.17) is 4.74 Å². The van der Waals surface area contributed by atoms with Gasteiger partial charge in [0.2, 0.25) is 0 Å². The highest BCUT2D eigenvalue weighted by atomic mass is 32.1. The van der Waals surface area contributed by atoms with Gasteiger partial charge in [-0.3, -0.25) is 0 Å². The fraction of sp³-hybridized carbons (Fsp3) is 0. The molecule has 1 aromatic heterocycles. The van der Waals surface area contributed by atoms with Crippen LogP contribution in [0.4, 0.5) is 8.78 Å². The number of nitrogens with zero attached hydrogens (tertiary/aromatic N) is 1. The lowest BCUT2D eigenvalue weighted by atomic mass is 10.3. The first-order valence-corrected chi connectivity index (χ1v) is 4.65. The number of aromatic nitrogens is 1. The van der Waals surface area contributed by atoms with Crippen LogP contribution in [0.3, 0.4) is 0 Å². The summed E-state index contributed by atoms with van der Waals surface area (Å²) >= 11 is 1.25. The van der Waals surface area contributed by atoms with Gasteiger partial charge in [-0.1, -0.05) is 11.3 Å². The fourth-order valence-corrected chi connectivity index (χ4v) is 1.45. The Morgan fingerprint density at radius 3 is 2.43 bits per heavy atom. The molecule has 0 amide bonds. The summed E-state index contributed by atoms with van der Waals surface area (Å²) in [5.74, 6) is -1.23. The van der Waals surface area contributed by atoms with E-state index in [0.29, 0.717) is 5.19 Å². The van der Waals surface area contributed by atoms with Crippen molar-refractivity contribution in [3.63, 3.8) is 0 Å². The molecular formula is C9H5F2NOS. The summed E-state index contributed by atoms with van der Waals surface area (Å²) in [5.41, 5.74) is 0. The normalized spacial score (nSPS) is 10.1. The first-order valence-electron chi connectivity index (χ1n) is 3.77. The van der Waals surface area contributed by atoms with Crippen LogP contribution in [-0.4, -0.2) is 4.98 Å². The number of benzene rings is 1. The van der Waals surface area contributed by atoms with Crippen LogP contribution < -0.4 is 4.74 Å². The Balaban J connectivity index is 2.25. The zero-order chi connectivity index (χ0) is 9.97. The van der Waals surface area contributed by atoms with Gasteiger partial charge >= 0.3 is 0 Å². The van der Waals surface area contributed by atoms with Gasteiger partial charge in [-0.15, -0.1) is 0 Å². The molecule has 72 valence electrons. The van der Waals surface area contributed by atoms with Crippen LogP contribution in [0.25, 0.3) is 0 Å². The van der Waals surface area contributed by atoms with Crippen molar-refractivity contribution in [3.8, 4) is 10.9 Å². The smallest absolute Gasteiger partial charge is 0.278 e. The zero-order valence-corrected chi connectivity index (χ0v) is 7.72. The van der Waals surface area contributed by atoms with Gasteiger partial charge in [0.25, 0.3) is 5.19 Å². The van der Waals surface area contributed by atoms with Crippen molar-refractivity contribution in [3.05, 3.63) is 41.4 Å². The van der Waals surface area contributed by atoms with Crippen LogP contribution in [0.15, 0.2) is 29.8 Å². The minimum absolute atomic E-state index is 0.109. The Labute approximate surface area is 82.8 Å². The highest BCUT2D eigenvalue weighted by Gasteiger charge is 2.03. The summed E-state index contributed by atoms with van der Waals surface area (Å²) in [6, 6.07) is 2.99. The summed E-state index contributed by atoms with van der Waals surface area (Å²) in [7, 11) is 0. The van der Waals surface area contributed by atoms with E-state index < -0.39 is 11.6 Å². The highest BCUT2D eigenvalue weighted by molar-refractivity contribution is 7.11. The van der Waals surface area contributed by atoms with Gasteiger partial charge in [0.15, 0.2) is 0 Å². The van der Waals surface area contributed by atoms with E-state index in [9.17, 15) is 8.78 Å². The number of hydrogen-bond donors (Lipinski definition) is 0. The molecule has 5 heteroatoms. The largest absolute Gasteiger partial charge is 0.431 e. The van der Waals surface area contributed by atoms with Crippen LogP contribution in [0.5, 0.6) is 10.9 Å². The topological polar surface area (TPSA) is 22.1 Å². The maximum Gasteiger partial charge on any atom is 0.278 e. The molecular weight excluding hydrogens is 208 g/mol. The maximum atomic E-state index is 12.7. The molecule has 14 heavy (non-hydrogen) atoms. The standard InChI is InChI=1S/C9H5F2NOS/c10-6-3-7(11)5-8(4-6)13-9-12-1-2-14-9/h1-5H. The van der Waals surface area contributed by atoms with Gasteiger partial charge in [0.05, 0.1) is 0 Å². The summed E-state index contributed by atoms with van der Waals surface area (Å²) in [6.07, 6.45) is 1.55. The third-order valence-electron chi connectivity index (χ3n) is 1.45. The number of halogens is 2. The third-order valence-corrected chi connectivity index (χ3v) is 2.10. The molecule has 0 bridgehead atoms. The van der Waals surface area contributed by atoms with Crippen molar-refractivity contribution in [1.82, 2.24) is 4.98 Å². The zero-order valence-electron chi connectivity index (χ0n) is 6.91. The predicted molar refractivity (Wildman–Crippen MR) is 48.5 cm³/mol. The third kappa shape index (κ3) is 2.05. The van der Waals surface area contributed by atoms with Crippen molar-refractivity contribution >= 4 is 11.3 Å². The molecule has 0 aliphatic heterocycles. The molecule has 0 spiro atoms. The Hall–Kier alpha value is -1.49. The van der Waals surface area contributed by atoms with Gasteiger partial charge < -0.3 is 4.74 Å².